The van der Waals surface area contributed by atoms with Gasteiger partial charge in [0.2, 0.25) is 0 Å². The minimum Gasteiger partial charge on any atom is -0.396 e. The molecular formula is C11H18N4O3. The van der Waals surface area contributed by atoms with Crippen molar-refractivity contribution in [3.05, 3.63) is 22.2 Å². The maximum Gasteiger partial charge on any atom is 0.276 e. The Balaban J connectivity index is 3.04. The minimum atomic E-state index is -0.439. The molecule has 100 valence electrons. The lowest BCUT2D eigenvalue weighted by Crippen LogP contribution is -2.25. The van der Waals surface area contributed by atoms with Crippen LogP contribution >= 0.6 is 0 Å². The average Bonchev–Trinajstić information content (AvgIpc) is 2.39. The molecule has 0 atom stereocenters. The fraction of sp³-hybridized carbons (Fsp3) is 0.545. The molecule has 0 amide bonds. The van der Waals surface area contributed by atoms with Gasteiger partial charge in [0.25, 0.3) is 5.69 Å². The lowest BCUT2D eigenvalue weighted by Gasteiger charge is -2.21. The summed E-state index contributed by atoms with van der Waals surface area (Å²) in [5.74, 6) is 1.01. The molecule has 1 heterocycles. The van der Waals surface area contributed by atoms with E-state index in [1.165, 1.54) is 12.1 Å². The highest BCUT2D eigenvalue weighted by molar-refractivity contribution is 5.55. The van der Waals surface area contributed by atoms with Crippen molar-refractivity contribution in [3.63, 3.8) is 0 Å². The van der Waals surface area contributed by atoms with Gasteiger partial charge in [-0.15, -0.1) is 0 Å². The van der Waals surface area contributed by atoms with Gasteiger partial charge >= 0.3 is 0 Å². The number of rotatable bonds is 7. The quantitative estimate of drug-likeness (QED) is 0.562. The second kappa shape index (κ2) is 6.75. The number of hydrogen-bond acceptors (Lipinski definition) is 6. The number of anilines is 2. The Morgan fingerprint density at radius 1 is 1.56 bits per heavy atom. The van der Waals surface area contributed by atoms with Crippen LogP contribution in [0.1, 0.15) is 13.3 Å². The first-order valence-corrected chi connectivity index (χ1v) is 5.82. The normalized spacial score (nSPS) is 10.2. The largest absolute Gasteiger partial charge is 0.396 e. The molecule has 7 nitrogen and oxygen atoms in total. The summed E-state index contributed by atoms with van der Waals surface area (Å²) in [6.45, 7) is 3.32. The van der Waals surface area contributed by atoms with Crippen molar-refractivity contribution in [2.24, 2.45) is 0 Å². The monoisotopic (exact) mass is 254 g/mol. The van der Waals surface area contributed by atoms with Crippen molar-refractivity contribution < 1.29 is 10.0 Å². The molecule has 0 aromatic carbocycles. The number of aliphatic hydroxyl groups excluding tert-OH is 1. The van der Waals surface area contributed by atoms with Gasteiger partial charge in [-0.25, -0.2) is 4.98 Å². The van der Waals surface area contributed by atoms with Crippen LogP contribution in [0.2, 0.25) is 0 Å². The molecule has 0 saturated carbocycles. The Labute approximate surface area is 106 Å². The fourth-order valence-electron chi connectivity index (χ4n) is 1.59. The molecule has 0 aliphatic heterocycles. The Bertz CT molecular complexity index is 411. The molecule has 0 unspecified atom stereocenters. The number of nitrogens with zero attached hydrogens (tertiary/aromatic N) is 3. The van der Waals surface area contributed by atoms with Gasteiger partial charge in [0, 0.05) is 26.7 Å². The summed E-state index contributed by atoms with van der Waals surface area (Å²) in [5, 5.41) is 22.5. The second-order valence-electron chi connectivity index (χ2n) is 3.73. The maximum absolute atomic E-state index is 10.8. The van der Waals surface area contributed by atoms with Crippen LogP contribution < -0.4 is 10.2 Å². The third kappa shape index (κ3) is 3.56. The zero-order chi connectivity index (χ0) is 13.5. The van der Waals surface area contributed by atoms with E-state index < -0.39 is 4.92 Å². The summed E-state index contributed by atoms with van der Waals surface area (Å²) >= 11 is 0. The molecule has 0 spiro atoms. The molecule has 7 heteroatoms. The van der Waals surface area contributed by atoms with Gasteiger partial charge in [-0.2, -0.15) is 0 Å². The predicted molar refractivity (Wildman–Crippen MR) is 70.0 cm³/mol. The topological polar surface area (TPSA) is 91.5 Å². The summed E-state index contributed by atoms with van der Waals surface area (Å²) in [5.41, 5.74) is 0.00629. The van der Waals surface area contributed by atoms with Crippen molar-refractivity contribution in [2.75, 3.05) is 37.0 Å². The van der Waals surface area contributed by atoms with Crippen molar-refractivity contribution in [3.8, 4) is 0 Å². The highest BCUT2D eigenvalue weighted by atomic mass is 16.6. The molecular weight excluding hydrogens is 236 g/mol. The van der Waals surface area contributed by atoms with E-state index in [0.29, 0.717) is 31.1 Å². The first-order valence-electron chi connectivity index (χ1n) is 5.82. The van der Waals surface area contributed by atoms with Gasteiger partial charge in [0.15, 0.2) is 0 Å². The van der Waals surface area contributed by atoms with E-state index in [4.69, 9.17) is 5.11 Å². The van der Waals surface area contributed by atoms with Crippen LogP contribution in [0.4, 0.5) is 17.3 Å². The van der Waals surface area contributed by atoms with E-state index in [1.807, 2.05) is 11.8 Å². The molecule has 18 heavy (non-hydrogen) atoms. The summed E-state index contributed by atoms with van der Waals surface area (Å²) in [4.78, 5) is 16.6. The summed E-state index contributed by atoms with van der Waals surface area (Å²) in [6, 6.07) is 2.84. The Hall–Kier alpha value is -1.89. The number of aliphatic hydroxyl groups is 1. The Morgan fingerprint density at radius 2 is 2.28 bits per heavy atom. The summed E-state index contributed by atoms with van der Waals surface area (Å²) in [6.07, 6.45) is 0.604. The number of nitrogens with one attached hydrogen (secondary N) is 1. The average molecular weight is 254 g/mol. The van der Waals surface area contributed by atoms with Crippen molar-refractivity contribution in [1.82, 2.24) is 4.98 Å². The first kappa shape index (κ1) is 14.2. The number of nitro groups is 1. The SMILES string of the molecule is CCN(CCCO)c1cc([N+](=O)[O-])cc(NC)n1. The molecule has 1 aromatic heterocycles. The van der Waals surface area contributed by atoms with Crippen LogP contribution in [0.15, 0.2) is 12.1 Å². The standard InChI is InChI=1S/C11H18N4O3/c1-3-14(5-4-6-16)11-8-9(15(17)18)7-10(12-2)13-11/h7-8,16H,3-6H2,1-2H3,(H,12,13). The van der Waals surface area contributed by atoms with E-state index in [0.717, 1.165) is 0 Å². The number of hydrogen-bond donors (Lipinski definition) is 2. The Morgan fingerprint density at radius 3 is 2.78 bits per heavy atom. The van der Waals surface area contributed by atoms with Gasteiger partial charge < -0.3 is 15.3 Å². The van der Waals surface area contributed by atoms with Gasteiger partial charge in [-0.3, -0.25) is 10.1 Å². The Kier molecular flexibility index (Phi) is 5.31. The van der Waals surface area contributed by atoms with Crippen LogP contribution in [0.5, 0.6) is 0 Å². The van der Waals surface area contributed by atoms with Crippen LogP contribution in [0.25, 0.3) is 0 Å². The smallest absolute Gasteiger partial charge is 0.276 e. The predicted octanol–water partition coefficient (Wildman–Crippen LogP) is 1.24. The maximum atomic E-state index is 10.8. The molecule has 1 rings (SSSR count). The molecule has 1 aromatic rings. The van der Waals surface area contributed by atoms with E-state index >= 15 is 0 Å². The zero-order valence-corrected chi connectivity index (χ0v) is 10.6. The van der Waals surface area contributed by atoms with Crippen LogP contribution in [-0.2, 0) is 0 Å². The van der Waals surface area contributed by atoms with Crippen LogP contribution in [0.3, 0.4) is 0 Å². The third-order valence-electron chi connectivity index (χ3n) is 2.56. The van der Waals surface area contributed by atoms with Crippen molar-refractivity contribution in [1.29, 1.82) is 0 Å². The molecule has 0 aliphatic carbocycles. The second-order valence-corrected chi connectivity index (χ2v) is 3.73. The van der Waals surface area contributed by atoms with Crippen molar-refractivity contribution >= 4 is 17.3 Å². The number of pyridine rings is 1. The molecule has 2 N–H and O–H groups in total. The van der Waals surface area contributed by atoms with E-state index in [1.54, 1.807) is 7.05 Å². The van der Waals surface area contributed by atoms with Gasteiger partial charge in [0.1, 0.15) is 11.6 Å². The van der Waals surface area contributed by atoms with Crippen molar-refractivity contribution in [2.45, 2.75) is 13.3 Å². The lowest BCUT2D eigenvalue weighted by molar-refractivity contribution is -0.384. The molecule has 0 saturated heterocycles. The van der Waals surface area contributed by atoms with Crippen LogP contribution in [0, 0.1) is 10.1 Å². The third-order valence-corrected chi connectivity index (χ3v) is 2.56. The molecule has 0 fully saturated rings. The summed E-state index contributed by atoms with van der Waals surface area (Å²) < 4.78 is 0. The molecule has 0 radical (unpaired) electrons. The van der Waals surface area contributed by atoms with Gasteiger partial charge in [-0.05, 0) is 13.3 Å². The van der Waals surface area contributed by atoms with E-state index in [-0.39, 0.29) is 12.3 Å². The minimum absolute atomic E-state index is 0.00629. The lowest BCUT2D eigenvalue weighted by atomic mass is 10.3. The molecule has 0 bridgehead atoms. The first-order chi connectivity index (χ1) is 8.62. The molecule has 0 aliphatic rings. The zero-order valence-electron chi connectivity index (χ0n) is 10.6. The van der Waals surface area contributed by atoms with Gasteiger partial charge in [0.05, 0.1) is 17.1 Å². The summed E-state index contributed by atoms with van der Waals surface area (Å²) in [7, 11) is 1.67. The highest BCUT2D eigenvalue weighted by Gasteiger charge is 2.14. The highest BCUT2D eigenvalue weighted by Crippen LogP contribution is 2.23. The van der Waals surface area contributed by atoms with Gasteiger partial charge in [-0.1, -0.05) is 0 Å². The van der Waals surface area contributed by atoms with E-state index in [9.17, 15) is 10.1 Å². The fourth-order valence-corrected chi connectivity index (χ4v) is 1.59. The van der Waals surface area contributed by atoms with Crippen LogP contribution in [-0.4, -0.2) is 41.8 Å². The van der Waals surface area contributed by atoms with E-state index in [2.05, 4.69) is 10.3 Å². The number of aromatic nitrogens is 1.